The first-order valence-electron chi connectivity index (χ1n) is 7.17. The largest absolute Gasteiger partial charge is 0.477 e. The zero-order valence-electron chi connectivity index (χ0n) is 13.2. The Hall–Kier alpha value is -1.50. The number of rotatable bonds is 9. The van der Waals surface area contributed by atoms with Gasteiger partial charge in [-0.3, -0.25) is 9.59 Å². The lowest BCUT2D eigenvalue weighted by Crippen LogP contribution is -2.29. The number of ether oxygens (including phenoxy) is 1. The number of nitrogens with one attached hydrogen (secondary N) is 1. The molecule has 1 atom stereocenters. The van der Waals surface area contributed by atoms with Crippen LogP contribution >= 0.6 is 11.8 Å². The SMILES string of the molecule is COC(=O)CSCCC/C=C(/NC(=O)C1CC1(C)C)C(=O)O. The third-order valence-electron chi connectivity index (χ3n) is 3.61. The summed E-state index contributed by atoms with van der Waals surface area (Å²) in [6.45, 7) is 3.97. The van der Waals surface area contributed by atoms with Crippen molar-refractivity contribution in [3.8, 4) is 0 Å². The summed E-state index contributed by atoms with van der Waals surface area (Å²) < 4.78 is 4.52. The Morgan fingerprint density at radius 1 is 1.41 bits per heavy atom. The maximum absolute atomic E-state index is 11.9. The highest BCUT2D eigenvalue weighted by Gasteiger charge is 2.50. The van der Waals surface area contributed by atoms with E-state index in [1.54, 1.807) is 0 Å². The second kappa shape index (κ2) is 8.22. The first kappa shape index (κ1) is 18.5. The Morgan fingerprint density at radius 2 is 2.05 bits per heavy atom. The molecule has 7 heteroatoms. The molecule has 0 spiro atoms. The maximum atomic E-state index is 11.9. The Labute approximate surface area is 134 Å². The lowest BCUT2D eigenvalue weighted by molar-refractivity contribution is -0.137. The van der Waals surface area contributed by atoms with Crippen molar-refractivity contribution >= 4 is 29.6 Å². The molecule has 124 valence electrons. The number of carbonyl (C=O) groups is 3. The minimum Gasteiger partial charge on any atom is -0.477 e. The van der Waals surface area contributed by atoms with E-state index in [2.05, 4.69) is 10.1 Å². The van der Waals surface area contributed by atoms with Crippen molar-refractivity contribution in [2.75, 3.05) is 18.6 Å². The highest BCUT2D eigenvalue weighted by molar-refractivity contribution is 7.99. The molecule has 6 nitrogen and oxygen atoms in total. The van der Waals surface area contributed by atoms with Crippen LogP contribution in [0.3, 0.4) is 0 Å². The van der Waals surface area contributed by atoms with Gasteiger partial charge in [0.1, 0.15) is 5.70 Å². The van der Waals surface area contributed by atoms with Crippen LogP contribution in [-0.4, -0.2) is 41.6 Å². The lowest BCUT2D eigenvalue weighted by Gasteiger charge is -2.07. The van der Waals surface area contributed by atoms with Crippen LogP contribution in [0.15, 0.2) is 11.8 Å². The summed E-state index contributed by atoms with van der Waals surface area (Å²) >= 11 is 1.44. The van der Waals surface area contributed by atoms with Gasteiger partial charge in [0.25, 0.3) is 0 Å². The van der Waals surface area contributed by atoms with E-state index in [1.165, 1.54) is 24.9 Å². The Kier molecular flexibility index (Phi) is 6.93. The van der Waals surface area contributed by atoms with Gasteiger partial charge >= 0.3 is 11.9 Å². The Bertz CT molecular complexity index is 473. The highest BCUT2D eigenvalue weighted by Crippen LogP contribution is 2.51. The summed E-state index contributed by atoms with van der Waals surface area (Å²) in [6, 6.07) is 0. The number of aliphatic carboxylic acids is 1. The van der Waals surface area contributed by atoms with Crippen LogP contribution in [0, 0.1) is 11.3 Å². The number of thioether (sulfide) groups is 1. The van der Waals surface area contributed by atoms with Gasteiger partial charge in [-0.2, -0.15) is 11.8 Å². The van der Waals surface area contributed by atoms with E-state index in [0.717, 1.165) is 18.6 Å². The van der Waals surface area contributed by atoms with Crippen LogP contribution in [-0.2, 0) is 19.1 Å². The number of carbonyl (C=O) groups excluding carboxylic acids is 2. The fourth-order valence-corrected chi connectivity index (χ4v) is 2.77. The number of carboxylic acids is 1. The van der Waals surface area contributed by atoms with Gasteiger partial charge in [0.15, 0.2) is 0 Å². The molecule has 1 amide bonds. The van der Waals surface area contributed by atoms with E-state index in [4.69, 9.17) is 5.11 Å². The molecule has 2 N–H and O–H groups in total. The standard InChI is InChI=1S/C15H23NO5S/c1-15(2)8-10(15)13(18)16-11(14(19)20)6-4-5-7-22-9-12(17)21-3/h6,10H,4-5,7-9H2,1-3H3,(H,16,18)(H,19,20)/b11-6+. The zero-order chi connectivity index (χ0) is 16.8. The average Bonchev–Trinajstić information content (AvgIpc) is 3.09. The van der Waals surface area contributed by atoms with Crippen LogP contribution in [0.2, 0.25) is 0 Å². The predicted octanol–water partition coefficient (Wildman–Crippen LogP) is 1.80. The molecule has 1 aliphatic rings. The van der Waals surface area contributed by atoms with Crippen LogP contribution in [0.25, 0.3) is 0 Å². The molecule has 0 aromatic heterocycles. The van der Waals surface area contributed by atoms with Gasteiger partial charge < -0.3 is 15.2 Å². The van der Waals surface area contributed by atoms with Gasteiger partial charge in [-0.05, 0) is 30.4 Å². The summed E-state index contributed by atoms with van der Waals surface area (Å²) in [5, 5.41) is 11.6. The molecule has 0 bridgehead atoms. The molecule has 1 aliphatic carbocycles. The van der Waals surface area contributed by atoms with Crippen molar-refractivity contribution in [3.63, 3.8) is 0 Å². The number of amides is 1. The van der Waals surface area contributed by atoms with Gasteiger partial charge in [0.2, 0.25) is 5.91 Å². The van der Waals surface area contributed by atoms with Crippen molar-refractivity contribution in [1.29, 1.82) is 0 Å². The van der Waals surface area contributed by atoms with Gasteiger partial charge in [-0.1, -0.05) is 19.9 Å². The van der Waals surface area contributed by atoms with Crippen molar-refractivity contribution in [3.05, 3.63) is 11.8 Å². The van der Waals surface area contributed by atoms with Gasteiger partial charge in [-0.15, -0.1) is 0 Å². The molecule has 22 heavy (non-hydrogen) atoms. The highest BCUT2D eigenvalue weighted by atomic mass is 32.2. The average molecular weight is 329 g/mol. The monoisotopic (exact) mass is 329 g/mol. The molecule has 0 aromatic rings. The normalized spacial score (nSPS) is 19.4. The second-order valence-corrected chi connectivity index (χ2v) is 7.03. The quantitative estimate of drug-likeness (QED) is 0.381. The van der Waals surface area contributed by atoms with Crippen LogP contribution < -0.4 is 5.32 Å². The number of methoxy groups -OCH3 is 1. The van der Waals surface area contributed by atoms with Crippen LogP contribution in [0.1, 0.15) is 33.1 Å². The van der Waals surface area contributed by atoms with E-state index >= 15 is 0 Å². The van der Waals surface area contributed by atoms with Crippen molar-refractivity contribution in [1.82, 2.24) is 5.32 Å². The molecular weight excluding hydrogens is 306 g/mol. The second-order valence-electron chi connectivity index (χ2n) is 5.93. The van der Waals surface area contributed by atoms with Gasteiger partial charge in [-0.25, -0.2) is 4.79 Å². The predicted molar refractivity (Wildman–Crippen MR) is 84.3 cm³/mol. The maximum Gasteiger partial charge on any atom is 0.352 e. The molecule has 0 heterocycles. The number of hydrogen-bond donors (Lipinski definition) is 2. The molecule has 0 aliphatic heterocycles. The smallest absolute Gasteiger partial charge is 0.352 e. The lowest BCUT2D eigenvalue weighted by atomic mass is 10.1. The van der Waals surface area contributed by atoms with Gasteiger partial charge in [0.05, 0.1) is 12.9 Å². The summed E-state index contributed by atoms with van der Waals surface area (Å²) in [7, 11) is 1.34. The van der Waals surface area contributed by atoms with E-state index < -0.39 is 5.97 Å². The summed E-state index contributed by atoms with van der Waals surface area (Å²) in [4.78, 5) is 34.0. The van der Waals surface area contributed by atoms with E-state index in [-0.39, 0.29) is 28.9 Å². The summed E-state index contributed by atoms with van der Waals surface area (Å²) in [5.74, 6) is -0.716. The van der Waals surface area contributed by atoms with E-state index in [0.29, 0.717) is 12.2 Å². The van der Waals surface area contributed by atoms with Crippen LogP contribution in [0.5, 0.6) is 0 Å². The fourth-order valence-electron chi connectivity index (χ4n) is 1.97. The zero-order valence-corrected chi connectivity index (χ0v) is 14.0. The molecule has 1 fully saturated rings. The third-order valence-corrected chi connectivity index (χ3v) is 4.62. The molecule has 1 rings (SSSR count). The van der Waals surface area contributed by atoms with Crippen molar-refractivity contribution in [2.45, 2.75) is 33.1 Å². The first-order chi connectivity index (χ1) is 10.3. The molecule has 1 saturated carbocycles. The molecule has 0 saturated heterocycles. The minimum absolute atomic E-state index is 0.0295. The van der Waals surface area contributed by atoms with E-state index in [9.17, 15) is 14.4 Å². The Morgan fingerprint density at radius 3 is 2.55 bits per heavy atom. The number of hydrogen-bond acceptors (Lipinski definition) is 5. The molecule has 0 radical (unpaired) electrons. The molecule has 1 unspecified atom stereocenters. The summed E-state index contributed by atoms with van der Waals surface area (Å²) in [5.41, 5.74) is -0.0937. The molecule has 0 aromatic carbocycles. The topological polar surface area (TPSA) is 92.7 Å². The number of carboxylic acid groups (broad SMARTS) is 1. The van der Waals surface area contributed by atoms with Crippen molar-refractivity contribution < 1.29 is 24.2 Å². The van der Waals surface area contributed by atoms with Crippen molar-refractivity contribution in [2.24, 2.45) is 11.3 Å². The third kappa shape index (κ3) is 6.09. The number of allylic oxidation sites excluding steroid dienone is 1. The minimum atomic E-state index is -1.13. The van der Waals surface area contributed by atoms with Crippen LogP contribution in [0.4, 0.5) is 0 Å². The summed E-state index contributed by atoms with van der Waals surface area (Å²) in [6.07, 6.45) is 3.57. The van der Waals surface area contributed by atoms with E-state index in [1.807, 2.05) is 13.8 Å². The Balaban J connectivity index is 2.32. The number of unbranched alkanes of at least 4 members (excludes halogenated alkanes) is 1. The first-order valence-corrected chi connectivity index (χ1v) is 8.32. The molecular formula is C15H23NO5S. The number of esters is 1. The van der Waals surface area contributed by atoms with Gasteiger partial charge in [0, 0.05) is 5.92 Å². The fraction of sp³-hybridized carbons (Fsp3) is 0.667.